The molecule has 60 valence electrons. The predicted molar refractivity (Wildman–Crippen MR) is 42.4 cm³/mol. The minimum absolute atomic E-state index is 0.0195. The van der Waals surface area contributed by atoms with E-state index < -0.39 is 0 Å². The molecule has 1 heterocycles. The Kier molecular flexibility index (Phi) is 2.94. The molecule has 1 rings (SSSR count). The maximum atomic E-state index is 11.1. The number of carbonyl (C=O) groups excluding carboxylic acids is 1. The molecule has 1 aliphatic rings. The van der Waals surface area contributed by atoms with Crippen molar-refractivity contribution in [1.29, 1.82) is 0 Å². The van der Waals surface area contributed by atoms with E-state index in [1.165, 1.54) is 0 Å². The highest BCUT2D eigenvalue weighted by Gasteiger charge is 2.26. The summed E-state index contributed by atoms with van der Waals surface area (Å²) < 4.78 is 0. The largest absolute Gasteiger partial charge is 0.394 e. The minimum atomic E-state index is -0.0541. The summed E-state index contributed by atoms with van der Waals surface area (Å²) in [6, 6.07) is 0.0195. The average Bonchev–Trinajstić information content (AvgIpc) is 2.50. The summed E-state index contributed by atoms with van der Waals surface area (Å²) in [5.41, 5.74) is 0. The van der Waals surface area contributed by atoms with Crippen LogP contribution in [0, 0.1) is 0 Å². The summed E-state index contributed by atoms with van der Waals surface area (Å²) in [4.78, 5) is 12.7. The molecule has 0 aromatic rings. The van der Waals surface area contributed by atoms with Crippen LogP contribution in [-0.2, 0) is 4.79 Å². The minimum Gasteiger partial charge on any atom is -0.394 e. The molecule has 0 saturated carbocycles. The van der Waals surface area contributed by atoms with Gasteiger partial charge in [-0.05, 0) is 19.2 Å². The summed E-state index contributed by atoms with van der Waals surface area (Å²) in [6.07, 6.45) is 1.94. The van der Waals surface area contributed by atoms with Crippen molar-refractivity contribution in [3.05, 3.63) is 0 Å². The maximum Gasteiger partial charge on any atom is 0.214 e. The van der Waals surface area contributed by atoms with Crippen LogP contribution in [0.4, 0.5) is 0 Å². The van der Waals surface area contributed by atoms with Gasteiger partial charge in [-0.2, -0.15) is 0 Å². The number of rotatable bonds is 2. The topological polar surface area (TPSA) is 40.5 Å². The van der Waals surface area contributed by atoms with E-state index in [-0.39, 0.29) is 24.9 Å². The van der Waals surface area contributed by atoms with Gasteiger partial charge in [-0.25, -0.2) is 0 Å². The molecule has 0 aliphatic carbocycles. The number of hydrogen-bond donors (Lipinski definition) is 1. The van der Waals surface area contributed by atoms with Crippen molar-refractivity contribution < 1.29 is 9.90 Å². The van der Waals surface area contributed by atoms with Gasteiger partial charge in [0.05, 0.1) is 20.5 Å². The van der Waals surface area contributed by atoms with Crippen molar-refractivity contribution in [3.63, 3.8) is 0 Å². The fraction of sp³-hybridized carbons (Fsp3) is 0.857. The standard InChI is InChI=1S/C7H12BNO2/c8-4-7(11)9-3-1-2-6(9)5-10/h6,10H,1-5H2/t6-/m0/s1. The molecule has 0 spiro atoms. The molecular formula is C7H12BNO2. The monoisotopic (exact) mass is 153 g/mol. The van der Waals surface area contributed by atoms with Crippen LogP contribution in [0.15, 0.2) is 0 Å². The van der Waals surface area contributed by atoms with Gasteiger partial charge < -0.3 is 10.0 Å². The number of hydrogen-bond acceptors (Lipinski definition) is 2. The summed E-state index contributed by atoms with van der Waals surface area (Å²) in [7, 11) is 5.20. The first-order valence-electron chi connectivity index (χ1n) is 3.90. The Labute approximate surface area is 67.8 Å². The zero-order valence-corrected chi connectivity index (χ0v) is 6.49. The molecule has 0 bridgehead atoms. The third-order valence-electron chi connectivity index (χ3n) is 2.08. The van der Waals surface area contributed by atoms with E-state index in [1.54, 1.807) is 4.90 Å². The predicted octanol–water partition coefficient (Wildman–Crippen LogP) is -0.443. The summed E-state index contributed by atoms with van der Waals surface area (Å²) >= 11 is 0. The lowest BCUT2D eigenvalue weighted by atomic mass is 10.0. The van der Waals surface area contributed by atoms with Gasteiger partial charge in [-0.15, -0.1) is 0 Å². The lowest BCUT2D eigenvalue weighted by molar-refractivity contribution is -0.130. The highest BCUT2D eigenvalue weighted by atomic mass is 16.3. The van der Waals surface area contributed by atoms with Crippen LogP contribution < -0.4 is 0 Å². The molecule has 1 N–H and O–H groups in total. The highest BCUT2D eigenvalue weighted by molar-refractivity contribution is 6.19. The molecule has 1 amide bonds. The molecule has 1 atom stereocenters. The van der Waals surface area contributed by atoms with E-state index in [0.29, 0.717) is 0 Å². The SMILES string of the molecule is [B]CC(=O)N1CCC[C@H]1CO. The van der Waals surface area contributed by atoms with Gasteiger partial charge in [0.15, 0.2) is 0 Å². The highest BCUT2D eigenvalue weighted by Crippen LogP contribution is 2.16. The van der Waals surface area contributed by atoms with Crippen LogP contribution in [0.1, 0.15) is 12.8 Å². The first kappa shape index (κ1) is 8.59. The number of likely N-dealkylation sites (tertiary alicyclic amines) is 1. The Morgan fingerprint density at radius 1 is 1.73 bits per heavy atom. The van der Waals surface area contributed by atoms with Crippen molar-refractivity contribution >= 4 is 13.8 Å². The number of nitrogens with zero attached hydrogens (tertiary/aromatic N) is 1. The Morgan fingerprint density at radius 3 is 3.00 bits per heavy atom. The lowest BCUT2D eigenvalue weighted by Crippen LogP contribution is -2.37. The number of amides is 1. The number of aliphatic hydroxyl groups excluding tert-OH is 1. The van der Waals surface area contributed by atoms with Crippen LogP contribution in [0.25, 0.3) is 0 Å². The van der Waals surface area contributed by atoms with Crippen molar-refractivity contribution in [1.82, 2.24) is 4.90 Å². The average molecular weight is 153 g/mol. The van der Waals surface area contributed by atoms with E-state index in [1.807, 2.05) is 0 Å². The Balaban J connectivity index is 2.49. The Hall–Kier alpha value is -0.505. The van der Waals surface area contributed by atoms with Crippen LogP contribution in [0.5, 0.6) is 0 Å². The third kappa shape index (κ3) is 1.74. The number of aliphatic hydroxyl groups is 1. The molecule has 4 heteroatoms. The summed E-state index contributed by atoms with van der Waals surface area (Å²) in [5.74, 6) is -0.0541. The molecule has 0 aromatic heterocycles. The molecule has 0 aromatic carbocycles. The second kappa shape index (κ2) is 3.76. The van der Waals surface area contributed by atoms with Crippen LogP contribution in [-0.4, -0.2) is 43.0 Å². The first-order valence-corrected chi connectivity index (χ1v) is 3.90. The molecule has 3 nitrogen and oxygen atoms in total. The van der Waals surface area contributed by atoms with Crippen molar-refractivity contribution in [2.24, 2.45) is 0 Å². The zero-order valence-electron chi connectivity index (χ0n) is 6.49. The molecule has 0 unspecified atom stereocenters. The normalized spacial score (nSPS) is 24.1. The van der Waals surface area contributed by atoms with E-state index >= 15 is 0 Å². The van der Waals surface area contributed by atoms with Gasteiger partial charge in [0.2, 0.25) is 5.91 Å². The summed E-state index contributed by atoms with van der Waals surface area (Å²) in [6.45, 7) is 0.812. The van der Waals surface area contributed by atoms with Crippen molar-refractivity contribution in [2.45, 2.75) is 25.2 Å². The van der Waals surface area contributed by atoms with Crippen LogP contribution >= 0.6 is 0 Å². The zero-order chi connectivity index (χ0) is 8.27. The summed E-state index contributed by atoms with van der Waals surface area (Å²) in [5, 5.41) is 8.85. The first-order chi connectivity index (χ1) is 5.29. The lowest BCUT2D eigenvalue weighted by Gasteiger charge is -2.22. The number of carbonyl (C=O) groups is 1. The Morgan fingerprint density at radius 2 is 2.45 bits per heavy atom. The molecule has 1 saturated heterocycles. The van der Waals surface area contributed by atoms with Crippen molar-refractivity contribution in [3.8, 4) is 0 Å². The van der Waals surface area contributed by atoms with E-state index in [2.05, 4.69) is 0 Å². The molecule has 2 radical (unpaired) electrons. The smallest absolute Gasteiger partial charge is 0.214 e. The van der Waals surface area contributed by atoms with E-state index in [4.69, 9.17) is 13.0 Å². The second-order valence-corrected chi connectivity index (χ2v) is 2.77. The molecule has 11 heavy (non-hydrogen) atoms. The van der Waals surface area contributed by atoms with Gasteiger partial charge in [0.1, 0.15) is 0 Å². The molecular weight excluding hydrogens is 141 g/mol. The fourth-order valence-electron chi connectivity index (χ4n) is 1.47. The Bertz CT molecular complexity index is 151. The van der Waals surface area contributed by atoms with Crippen molar-refractivity contribution in [2.75, 3.05) is 13.2 Å². The second-order valence-electron chi connectivity index (χ2n) is 2.77. The van der Waals surface area contributed by atoms with Gasteiger partial charge >= 0.3 is 0 Å². The van der Waals surface area contributed by atoms with Gasteiger partial charge in [-0.1, -0.05) is 0 Å². The quantitative estimate of drug-likeness (QED) is 0.546. The van der Waals surface area contributed by atoms with Crippen LogP contribution in [0.3, 0.4) is 0 Å². The fourth-order valence-corrected chi connectivity index (χ4v) is 1.47. The third-order valence-corrected chi connectivity index (χ3v) is 2.08. The van der Waals surface area contributed by atoms with Crippen LogP contribution in [0.2, 0.25) is 6.32 Å². The van der Waals surface area contributed by atoms with Gasteiger partial charge in [-0.3, -0.25) is 4.79 Å². The van der Waals surface area contributed by atoms with E-state index in [9.17, 15) is 4.79 Å². The molecule has 1 aliphatic heterocycles. The van der Waals surface area contributed by atoms with Gasteiger partial charge in [0, 0.05) is 6.54 Å². The van der Waals surface area contributed by atoms with E-state index in [0.717, 1.165) is 19.4 Å². The van der Waals surface area contributed by atoms with Gasteiger partial charge in [0.25, 0.3) is 0 Å². The maximum absolute atomic E-state index is 11.1. The molecule has 1 fully saturated rings.